The summed E-state index contributed by atoms with van der Waals surface area (Å²) in [6.45, 7) is 9.76. The lowest BCUT2D eigenvalue weighted by molar-refractivity contribution is 0.298. The number of aromatic nitrogens is 2. The summed E-state index contributed by atoms with van der Waals surface area (Å²) in [5.74, 6) is 0. The molecule has 0 aliphatic rings. The van der Waals surface area contributed by atoms with E-state index in [-0.39, 0.29) is 0 Å². The smallest absolute Gasteiger partial charge is 0.0596 e. The lowest BCUT2D eigenvalue weighted by Gasteiger charge is -2.29. The minimum Gasteiger partial charge on any atom is -0.270 e. The summed E-state index contributed by atoms with van der Waals surface area (Å²) in [4.78, 5) is 0. The van der Waals surface area contributed by atoms with Crippen LogP contribution in [0.5, 0.6) is 0 Å². The zero-order chi connectivity index (χ0) is 12.2. The van der Waals surface area contributed by atoms with Crippen molar-refractivity contribution in [1.82, 2.24) is 9.78 Å². The van der Waals surface area contributed by atoms with Gasteiger partial charge in [-0.1, -0.05) is 29.8 Å². The molecule has 0 aromatic carbocycles. The van der Waals surface area contributed by atoms with Crippen LogP contribution in [0.25, 0.3) is 0 Å². The van der Waals surface area contributed by atoms with Crippen molar-refractivity contribution in [2.75, 3.05) is 5.33 Å². The first-order valence-electron chi connectivity index (χ1n) is 6.20. The van der Waals surface area contributed by atoms with E-state index in [0.29, 0.717) is 5.41 Å². The molecule has 92 valence electrons. The van der Waals surface area contributed by atoms with Crippen molar-refractivity contribution in [2.45, 2.75) is 53.5 Å². The van der Waals surface area contributed by atoms with Crippen LogP contribution in [0.2, 0.25) is 0 Å². The molecule has 0 bridgehead atoms. The molecule has 1 heterocycles. The SMILES string of the molecule is CCn1nc(C)cc1CC(CC)(CC)CBr. The molecule has 0 saturated carbocycles. The van der Waals surface area contributed by atoms with Gasteiger partial charge in [-0.05, 0) is 44.6 Å². The van der Waals surface area contributed by atoms with E-state index in [2.05, 4.69) is 59.5 Å². The molecule has 0 unspecified atom stereocenters. The van der Waals surface area contributed by atoms with E-state index in [1.807, 2.05) is 0 Å². The Morgan fingerprint density at radius 3 is 2.38 bits per heavy atom. The van der Waals surface area contributed by atoms with Crippen LogP contribution in [-0.2, 0) is 13.0 Å². The Kier molecular flexibility index (Phi) is 5.03. The maximum Gasteiger partial charge on any atom is 0.0596 e. The molecule has 0 saturated heterocycles. The van der Waals surface area contributed by atoms with E-state index in [9.17, 15) is 0 Å². The Morgan fingerprint density at radius 1 is 1.31 bits per heavy atom. The van der Waals surface area contributed by atoms with Gasteiger partial charge in [0.1, 0.15) is 0 Å². The third-order valence-electron chi connectivity index (χ3n) is 3.62. The van der Waals surface area contributed by atoms with Gasteiger partial charge in [0.05, 0.1) is 5.69 Å². The van der Waals surface area contributed by atoms with Crippen molar-refractivity contribution < 1.29 is 0 Å². The fourth-order valence-corrected chi connectivity index (χ4v) is 3.13. The highest BCUT2D eigenvalue weighted by molar-refractivity contribution is 9.09. The first-order valence-corrected chi connectivity index (χ1v) is 7.32. The third kappa shape index (κ3) is 2.88. The van der Waals surface area contributed by atoms with Gasteiger partial charge in [-0.15, -0.1) is 0 Å². The Bertz CT molecular complexity index is 318. The van der Waals surface area contributed by atoms with E-state index >= 15 is 0 Å². The predicted octanol–water partition coefficient (Wildman–Crippen LogP) is 3.96. The summed E-state index contributed by atoms with van der Waals surface area (Å²) < 4.78 is 2.14. The topological polar surface area (TPSA) is 17.8 Å². The Balaban J connectivity index is 2.92. The maximum atomic E-state index is 4.52. The Hall–Kier alpha value is -0.310. The lowest BCUT2D eigenvalue weighted by Crippen LogP contribution is -2.25. The van der Waals surface area contributed by atoms with Gasteiger partial charge in [0, 0.05) is 17.6 Å². The fraction of sp³-hybridized carbons (Fsp3) is 0.769. The van der Waals surface area contributed by atoms with Gasteiger partial charge < -0.3 is 0 Å². The van der Waals surface area contributed by atoms with Crippen LogP contribution >= 0.6 is 15.9 Å². The van der Waals surface area contributed by atoms with Crippen LogP contribution in [0, 0.1) is 12.3 Å². The first kappa shape index (κ1) is 13.8. The van der Waals surface area contributed by atoms with Gasteiger partial charge in [0.25, 0.3) is 0 Å². The molecule has 0 atom stereocenters. The molecule has 0 radical (unpaired) electrons. The summed E-state index contributed by atoms with van der Waals surface area (Å²) >= 11 is 3.67. The van der Waals surface area contributed by atoms with E-state index in [1.165, 1.54) is 18.5 Å². The standard InChI is InChI=1S/C13H23BrN2/c1-5-13(6-2,10-14)9-12-8-11(4)15-16(12)7-3/h8H,5-7,9-10H2,1-4H3. The van der Waals surface area contributed by atoms with Gasteiger partial charge in [-0.3, -0.25) is 4.68 Å². The van der Waals surface area contributed by atoms with Gasteiger partial charge in [-0.25, -0.2) is 0 Å². The predicted molar refractivity (Wildman–Crippen MR) is 73.2 cm³/mol. The molecular formula is C13H23BrN2. The second kappa shape index (κ2) is 5.85. The van der Waals surface area contributed by atoms with Crippen molar-refractivity contribution in [3.05, 3.63) is 17.5 Å². The average Bonchev–Trinajstić information content (AvgIpc) is 2.66. The molecule has 3 heteroatoms. The molecule has 16 heavy (non-hydrogen) atoms. The minimum absolute atomic E-state index is 0.388. The number of hydrogen-bond acceptors (Lipinski definition) is 1. The molecule has 1 aromatic rings. The summed E-state index contributed by atoms with van der Waals surface area (Å²) in [5.41, 5.74) is 2.90. The zero-order valence-corrected chi connectivity index (χ0v) is 12.5. The summed E-state index contributed by atoms with van der Waals surface area (Å²) in [7, 11) is 0. The fourth-order valence-electron chi connectivity index (χ4n) is 2.14. The average molecular weight is 287 g/mol. The van der Waals surface area contributed by atoms with Crippen LogP contribution in [0.1, 0.15) is 45.0 Å². The first-order chi connectivity index (χ1) is 7.60. The van der Waals surface area contributed by atoms with E-state index < -0.39 is 0 Å². The molecule has 1 aromatic heterocycles. The quantitative estimate of drug-likeness (QED) is 0.724. The largest absolute Gasteiger partial charge is 0.270 e. The van der Waals surface area contributed by atoms with Crippen LogP contribution in [0.15, 0.2) is 6.07 Å². The number of aryl methyl sites for hydroxylation is 2. The number of rotatable bonds is 6. The highest BCUT2D eigenvalue weighted by Crippen LogP contribution is 2.33. The number of alkyl halides is 1. The highest BCUT2D eigenvalue weighted by Gasteiger charge is 2.26. The maximum absolute atomic E-state index is 4.52. The molecule has 2 nitrogen and oxygen atoms in total. The molecule has 0 spiro atoms. The van der Waals surface area contributed by atoms with E-state index in [0.717, 1.165) is 24.0 Å². The lowest BCUT2D eigenvalue weighted by atomic mass is 9.80. The second-order valence-corrected chi connectivity index (χ2v) is 5.17. The molecule has 0 aliphatic carbocycles. The Labute approximate surface area is 108 Å². The van der Waals surface area contributed by atoms with Gasteiger partial charge in [0.15, 0.2) is 0 Å². The third-order valence-corrected chi connectivity index (χ3v) is 4.81. The molecule has 0 N–H and O–H groups in total. The monoisotopic (exact) mass is 286 g/mol. The van der Waals surface area contributed by atoms with Gasteiger partial charge in [-0.2, -0.15) is 5.10 Å². The molecule has 1 rings (SSSR count). The summed E-state index contributed by atoms with van der Waals surface area (Å²) in [6.07, 6.45) is 3.55. The Morgan fingerprint density at radius 2 is 1.94 bits per heavy atom. The van der Waals surface area contributed by atoms with Gasteiger partial charge in [0.2, 0.25) is 0 Å². The van der Waals surface area contributed by atoms with Crippen LogP contribution in [0.4, 0.5) is 0 Å². The van der Waals surface area contributed by atoms with E-state index in [1.54, 1.807) is 0 Å². The summed E-state index contributed by atoms with van der Waals surface area (Å²) in [5, 5.41) is 5.59. The van der Waals surface area contributed by atoms with Crippen LogP contribution in [-0.4, -0.2) is 15.1 Å². The molecular weight excluding hydrogens is 264 g/mol. The molecule has 0 fully saturated rings. The molecule has 0 amide bonds. The van der Waals surface area contributed by atoms with Crippen LogP contribution < -0.4 is 0 Å². The van der Waals surface area contributed by atoms with Crippen molar-refractivity contribution in [1.29, 1.82) is 0 Å². The van der Waals surface area contributed by atoms with Crippen molar-refractivity contribution >= 4 is 15.9 Å². The van der Waals surface area contributed by atoms with Crippen LogP contribution in [0.3, 0.4) is 0 Å². The highest BCUT2D eigenvalue weighted by atomic mass is 79.9. The zero-order valence-electron chi connectivity index (χ0n) is 10.9. The molecule has 0 aliphatic heterocycles. The number of halogens is 1. The van der Waals surface area contributed by atoms with Gasteiger partial charge >= 0.3 is 0 Å². The number of hydrogen-bond donors (Lipinski definition) is 0. The normalized spacial score (nSPS) is 12.1. The van der Waals surface area contributed by atoms with Crippen molar-refractivity contribution in [3.8, 4) is 0 Å². The summed E-state index contributed by atoms with van der Waals surface area (Å²) in [6, 6.07) is 2.23. The van der Waals surface area contributed by atoms with Crippen molar-refractivity contribution in [3.63, 3.8) is 0 Å². The minimum atomic E-state index is 0.388. The van der Waals surface area contributed by atoms with E-state index in [4.69, 9.17) is 0 Å². The van der Waals surface area contributed by atoms with Crippen molar-refractivity contribution in [2.24, 2.45) is 5.41 Å². The number of nitrogens with zero attached hydrogens (tertiary/aromatic N) is 2. The second-order valence-electron chi connectivity index (χ2n) is 4.61.